The molecule has 116 valence electrons. The monoisotopic (exact) mass is 314 g/mol. The third kappa shape index (κ3) is 3.60. The van der Waals surface area contributed by atoms with Crippen LogP contribution in [0, 0.1) is 0 Å². The van der Waals surface area contributed by atoms with Crippen molar-refractivity contribution in [2.24, 2.45) is 0 Å². The van der Waals surface area contributed by atoms with Crippen LogP contribution in [0.5, 0.6) is 0 Å². The first-order chi connectivity index (χ1) is 9.75. The Morgan fingerprint density at radius 1 is 1.24 bits per heavy atom. The van der Waals surface area contributed by atoms with Crippen LogP contribution < -0.4 is 0 Å². The number of esters is 1. The molecule has 0 aliphatic carbocycles. The van der Waals surface area contributed by atoms with Crippen LogP contribution in [0.1, 0.15) is 31.7 Å². The minimum Gasteiger partial charge on any atom is -0.480 e. The van der Waals surface area contributed by atoms with Crippen molar-refractivity contribution >= 4 is 21.8 Å². The highest BCUT2D eigenvalue weighted by atomic mass is 32.2. The predicted molar refractivity (Wildman–Crippen MR) is 75.8 cm³/mol. The average molecular weight is 314 g/mol. The van der Waals surface area contributed by atoms with E-state index in [-0.39, 0.29) is 10.8 Å². The molecule has 0 bridgehead atoms. The standard InChI is InChI=1S/C14H18O6S/c1-4-9(2)10-5-7-11(8-6-10)21(18,19)12(13(15)16)14(17)20-3/h5-9,12H,4H2,1-3H3,(H,15,16). The normalized spacial score (nSPS) is 14.2. The number of benzene rings is 1. The summed E-state index contributed by atoms with van der Waals surface area (Å²) < 4.78 is 28.7. The molecule has 6 nitrogen and oxygen atoms in total. The zero-order valence-electron chi connectivity index (χ0n) is 12.1. The molecule has 0 aromatic heterocycles. The van der Waals surface area contributed by atoms with Gasteiger partial charge in [0.25, 0.3) is 5.25 Å². The Bertz CT molecular complexity index is 617. The number of carbonyl (C=O) groups excluding carboxylic acids is 1. The third-order valence-corrected chi connectivity index (χ3v) is 5.28. The summed E-state index contributed by atoms with van der Waals surface area (Å²) >= 11 is 0. The first-order valence-electron chi connectivity index (χ1n) is 6.40. The molecule has 1 rings (SSSR count). The lowest BCUT2D eigenvalue weighted by Crippen LogP contribution is -2.38. The molecule has 0 aliphatic heterocycles. The van der Waals surface area contributed by atoms with Gasteiger partial charge < -0.3 is 9.84 Å². The number of sulfone groups is 1. The van der Waals surface area contributed by atoms with Crippen molar-refractivity contribution in [3.05, 3.63) is 29.8 Å². The Balaban J connectivity index is 3.23. The van der Waals surface area contributed by atoms with Crippen molar-refractivity contribution in [2.45, 2.75) is 36.3 Å². The Labute approximate surface area is 123 Å². The Hall–Kier alpha value is -1.89. The number of carboxylic acid groups (broad SMARTS) is 1. The lowest BCUT2D eigenvalue weighted by atomic mass is 9.99. The molecule has 7 heteroatoms. The third-order valence-electron chi connectivity index (χ3n) is 3.34. The number of carbonyl (C=O) groups is 2. The molecule has 2 atom stereocenters. The summed E-state index contributed by atoms with van der Waals surface area (Å²) in [5, 5.41) is 6.72. The molecule has 21 heavy (non-hydrogen) atoms. The summed E-state index contributed by atoms with van der Waals surface area (Å²) in [5.41, 5.74) is 0.946. The van der Waals surface area contributed by atoms with Crippen molar-refractivity contribution < 1.29 is 27.9 Å². The van der Waals surface area contributed by atoms with Crippen LogP contribution in [0.15, 0.2) is 29.2 Å². The summed E-state index contributed by atoms with van der Waals surface area (Å²) in [6.07, 6.45) is 0.895. The molecule has 0 saturated heterocycles. The van der Waals surface area contributed by atoms with Gasteiger partial charge in [-0.15, -0.1) is 0 Å². The molecule has 0 spiro atoms. The zero-order chi connectivity index (χ0) is 16.2. The van der Waals surface area contributed by atoms with Gasteiger partial charge in [-0.25, -0.2) is 8.42 Å². The van der Waals surface area contributed by atoms with Crippen LogP contribution in [0.4, 0.5) is 0 Å². The number of methoxy groups -OCH3 is 1. The average Bonchev–Trinajstić information content (AvgIpc) is 2.45. The molecule has 1 aromatic carbocycles. The Kier molecular flexibility index (Phi) is 5.48. The maximum Gasteiger partial charge on any atom is 0.336 e. The molecular weight excluding hydrogens is 296 g/mol. The molecule has 0 heterocycles. The number of ether oxygens (including phenoxy) is 1. The Morgan fingerprint density at radius 3 is 2.14 bits per heavy atom. The quantitative estimate of drug-likeness (QED) is 0.632. The lowest BCUT2D eigenvalue weighted by Gasteiger charge is -2.13. The zero-order valence-corrected chi connectivity index (χ0v) is 12.9. The van der Waals surface area contributed by atoms with Crippen molar-refractivity contribution in [1.82, 2.24) is 0 Å². The lowest BCUT2D eigenvalue weighted by molar-refractivity contribution is -0.148. The maximum absolute atomic E-state index is 12.2. The van der Waals surface area contributed by atoms with Crippen LogP contribution in [-0.4, -0.2) is 37.8 Å². The van der Waals surface area contributed by atoms with E-state index in [4.69, 9.17) is 5.11 Å². The number of rotatable bonds is 6. The van der Waals surface area contributed by atoms with Gasteiger partial charge in [-0.3, -0.25) is 9.59 Å². The van der Waals surface area contributed by atoms with Gasteiger partial charge in [0.15, 0.2) is 0 Å². The van der Waals surface area contributed by atoms with E-state index in [2.05, 4.69) is 4.74 Å². The van der Waals surface area contributed by atoms with E-state index in [1.165, 1.54) is 12.1 Å². The van der Waals surface area contributed by atoms with E-state index in [0.717, 1.165) is 19.1 Å². The topological polar surface area (TPSA) is 97.7 Å². The van der Waals surface area contributed by atoms with Gasteiger partial charge in [-0.1, -0.05) is 26.0 Å². The van der Waals surface area contributed by atoms with Gasteiger partial charge in [0, 0.05) is 0 Å². The number of hydrogen-bond donors (Lipinski definition) is 1. The molecule has 0 saturated carbocycles. The van der Waals surface area contributed by atoms with Gasteiger partial charge in [0.2, 0.25) is 9.84 Å². The summed E-state index contributed by atoms with van der Waals surface area (Å²) in [4.78, 5) is 22.3. The first kappa shape index (κ1) is 17.2. The van der Waals surface area contributed by atoms with E-state index in [1.807, 2.05) is 13.8 Å². The minimum atomic E-state index is -4.33. The van der Waals surface area contributed by atoms with Crippen molar-refractivity contribution in [2.75, 3.05) is 7.11 Å². The molecule has 1 N–H and O–H groups in total. The van der Waals surface area contributed by atoms with Gasteiger partial charge in [0.05, 0.1) is 12.0 Å². The van der Waals surface area contributed by atoms with Crippen molar-refractivity contribution in [1.29, 1.82) is 0 Å². The van der Waals surface area contributed by atoms with E-state index < -0.39 is 27.0 Å². The summed E-state index contributed by atoms with van der Waals surface area (Å²) in [5.74, 6) is -2.81. The van der Waals surface area contributed by atoms with Crippen molar-refractivity contribution in [3.8, 4) is 0 Å². The number of hydrogen-bond acceptors (Lipinski definition) is 5. The van der Waals surface area contributed by atoms with E-state index in [0.29, 0.717) is 0 Å². The van der Waals surface area contributed by atoms with Gasteiger partial charge in [-0.05, 0) is 30.0 Å². The van der Waals surface area contributed by atoms with Gasteiger partial charge >= 0.3 is 11.9 Å². The molecule has 0 radical (unpaired) electrons. The van der Waals surface area contributed by atoms with Crippen LogP contribution in [0.25, 0.3) is 0 Å². The fourth-order valence-corrected chi connectivity index (χ4v) is 3.23. The fourth-order valence-electron chi connectivity index (χ4n) is 1.83. The second kappa shape index (κ2) is 6.71. The van der Waals surface area contributed by atoms with Crippen LogP contribution >= 0.6 is 0 Å². The highest BCUT2D eigenvalue weighted by Gasteiger charge is 2.41. The largest absolute Gasteiger partial charge is 0.480 e. The molecule has 1 aromatic rings. The maximum atomic E-state index is 12.2. The smallest absolute Gasteiger partial charge is 0.336 e. The number of carboxylic acids is 1. The van der Waals surface area contributed by atoms with E-state index in [9.17, 15) is 18.0 Å². The van der Waals surface area contributed by atoms with Crippen LogP contribution in [0.2, 0.25) is 0 Å². The van der Waals surface area contributed by atoms with Crippen molar-refractivity contribution in [3.63, 3.8) is 0 Å². The second-order valence-electron chi connectivity index (χ2n) is 4.66. The molecule has 0 fully saturated rings. The van der Waals surface area contributed by atoms with E-state index in [1.54, 1.807) is 12.1 Å². The molecule has 0 amide bonds. The molecule has 0 aliphatic rings. The highest BCUT2D eigenvalue weighted by Crippen LogP contribution is 2.23. The summed E-state index contributed by atoms with van der Waals surface area (Å²) in [6.45, 7) is 4.01. The molecular formula is C14H18O6S. The van der Waals surface area contributed by atoms with Crippen LogP contribution in [0.3, 0.4) is 0 Å². The SMILES string of the molecule is CCC(C)c1ccc(S(=O)(=O)C(C(=O)O)C(=O)OC)cc1. The molecule has 2 unspecified atom stereocenters. The second-order valence-corrected chi connectivity index (χ2v) is 6.70. The summed E-state index contributed by atoms with van der Waals surface area (Å²) in [6, 6.07) is 5.87. The van der Waals surface area contributed by atoms with E-state index >= 15 is 0 Å². The van der Waals surface area contributed by atoms with Gasteiger partial charge in [0.1, 0.15) is 0 Å². The summed E-state index contributed by atoms with van der Waals surface area (Å²) in [7, 11) is -3.39. The van der Waals surface area contributed by atoms with Gasteiger partial charge in [-0.2, -0.15) is 0 Å². The fraction of sp³-hybridized carbons (Fsp3) is 0.429. The Morgan fingerprint density at radius 2 is 1.76 bits per heavy atom. The first-order valence-corrected chi connectivity index (χ1v) is 7.94. The highest BCUT2D eigenvalue weighted by molar-refractivity contribution is 7.93. The predicted octanol–water partition coefficient (Wildman–Crippen LogP) is 1.60. The number of aliphatic carboxylic acids is 1. The van der Waals surface area contributed by atoms with Crippen LogP contribution in [-0.2, 0) is 24.2 Å². The minimum absolute atomic E-state index is 0.215.